The molecular formula is C28H32N2O3. The maximum atomic E-state index is 12.8. The molecule has 172 valence electrons. The fourth-order valence-corrected chi connectivity index (χ4v) is 3.60. The predicted molar refractivity (Wildman–Crippen MR) is 134 cm³/mol. The minimum Gasteiger partial charge on any atom is -0.492 e. The SMILES string of the molecule is CCOc1ccccc1NC(=O)c1cccc(NC(=O)[C@@H](C)c2ccc(CC(C)C)cc2)c1. The number of ether oxygens (including phenoxy) is 1. The molecule has 0 bridgehead atoms. The number of rotatable bonds is 9. The van der Waals surface area contributed by atoms with Gasteiger partial charge in [0.05, 0.1) is 18.2 Å². The molecule has 0 aromatic heterocycles. The molecule has 0 radical (unpaired) electrons. The third-order valence-electron chi connectivity index (χ3n) is 5.34. The Morgan fingerprint density at radius 2 is 1.61 bits per heavy atom. The third-order valence-corrected chi connectivity index (χ3v) is 5.34. The molecule has 0 unspecified atom stereocenters. The van der Waals surface area contributed by atoms with E-state index in [0.717, 1.165) is 12.0 Å². The second-order valence-corrected chi connectivity index (χ2v) is 8.51. The summed E-state index contributed by atoms with van der Waals surface area (Å²) in [5.41, 5.74) is 3.86. The highest BCUT2D eigenvalue weighted by Gasteiger charge is 2.17. The Labute approximate surface area is 196 Å². The largest absolute Gasteiger partial charge is 0.492 e. The monoisotopic (exact) mass is 444 g/mol. The molecule has 3 rings (SSSR count). The van der Waals surface area contributed by atoms with Gasteiger partial charge < -0.3 is 15.4 Å². The van der Waals surface area contributed by atoms with Crippen LogP contribution in [-0.4, -0.2) is 18.4 Å². The van der Waals surface area contributed by atoms with Crippen LogP contribution in [-0.2, 0) is 11.2 Å². The fraction of sp³-hybridized carbons (Fsp3) is 0.286. The van der Waals surface area contributed by atoms with Gasteiger partial charge in [-0.2, -0.15) is 0 Å². The van der Waals surface area contributed by atoms with Crippen molar-refractivity contribution in [2.75, 3.05) is 17.2 Å². The van der Waals surface area contributed by atoms with Crippen LogP contribution in [0.2, 0.25) is 0 Å². The summed E-state index contributed by atoms with van der Waals surface area (Å²) in [5, 5.41) is 5.82. The number of amides is 2. The topological polar surface area (TPSA) is 67.4 Å². The lowest BCUT2D eigenvalue weighted by molar-refractivity contribution is -0.117. The average molecular weight is 445 g/mol. The molecule has 2 amide bonds. The summed E-state index contributed by atoms with van der Waals surface area (Å²) in [5.74, 6) is 0.506. The number of carbonyl (C=O) groups is 2. The number of anilines is 2. The van der Waals surface area contributed by atoms with Gasteiger partial charge in [0.2, 0.25) is 5.91 Å². The smallest absolute Gasteiger partial charge is 0.255 e. The lowest BCUT2D eigenvalue weighted by Crippen LogP contribution is -2.19. The first-order chi connectivity index (χ1) is 15.9. The summed E-state index contributed by atoms with van der Waals surface area (Å²) < 4.78 is 5.57. The van der Waals surface area contributed by atoms with Gasteiger partial charge in [-0.15, -0.1) is 0 Å². The summed E-state index contributed by atoms with van der Waals surface area (Å²) in [6.45, 7) is 8.67. The number of carbonyl (C=O) groups excluding carboxylic acids is 2. The summed E-state index contributed by atoms with van der Waals surface area (Å²) >= 11 is 0. The third kappa shape index (κ3) is 6.69. The van der Waals surface area contributed by atoms with Crippen molar-refractivity contribution in [1.82, 2.24) is 0 Å². The number of hydrogen-bond donors (Lipinski definition) is 2. The number of nitrogens with one attached hydrogen (secondary N) is 2. The molecule has 33 heavy (non-hydrogen) atoms. The summed E-state index contributed by atoms with van der Waals surface area (Å²) in [4.78, 5) is 25.6. The molecule has 5 heteroatoms. The molecule has 3 aromatic carbocycles. The molecule has 1 atom stereocenters. The molecule has 0 aliphatic rings. The Hall–Kier alpha value is -3.60. The Morgan fingerprint density at radius 1 is 0.879 bits per heavy atom. The number of para-hydroxylation sites is 2. The Kier molecular flexibility index (Phi) is 8.25. The van der Waals surface area contributed by atoms with E-state index in [1.54, 1.807) is 30.3 Å². The van der Waals surface area contributed by atoms with Gasteiger partial charge in [0.25, 0.3) is 5.91 Å². The van der Waals surface area contributed by atoms with Gasteiger partial charge in [-0.25, -0.2) is 0 Å². The van der Waals surface area contributed by atoms with E-state index in [1.807, 2.05) is 44.2 Å². The van der Waals surface area contributed by atoms with Crippen molar-refractivity contribution in [2.24, 2.45) is 5.92 Å². The van der Waals surface area contributed by atoms with Crippen LogP contribution in [0.1, 0.15) is 55.1 Å². The van der Waals surface area contributed by atoms with Crippen LogP contribution in [0.15, 0.2) is 72.8 Å². The van der Waals surface area contributed by atoms with E-state index in [4.69, 9.17) is 4.74 Å². The molecule has 0 saturated heterocycles. The zero-order valence-electron chi connectivity index (χ0n) is 19.7. The van der Waals surface area contributed by atoms with Crippen molar-refractivity contribution in [3.63, 3.8) is 0 Å². The van der Waals surface area contributed by atoms with Gasteiger partial charge in [0.15, 0.2) is 0 Å². The van der Waals surface area contributed by atoms with Gasteiger partial charge in [0, 0.05) is 11.3 Å². The van der Waals surface area contributed by atoms with E-state index in [2.05, 4.69) is 36.6 Å². The van der Waals surface area contributed by atoms with Gasteiger partial charge in [-0.1, -0.05) is 56.3 Å². The van der Waals surface area contributed by atoms with Crippen LogP contribution in [0.4, 0.5) is 11.4 Å². The molecule has 5 nitrogen and oxygen atoms in total. The Balaban J connectivity index is 1.67. The molecule has 0 aliphatic heterocycles. The normalized spacial score (nSPS) is 11.7. The highest BCUT2D eigenvalue weighted by molar-refractivity contribution is 6.06. The minimum absolute atomic E-state index is 0.120. The van der Waals surface area contributed by atoms with Crippen molar-refractivity contribution in [1.29, 1.82) is 0 Å². The van der Waals surface area contributed by atoms with E-state index < -0.39 is 0 Å². The first-order valence-electron chi connectivity index (χ1n) is 11.4. The van der Waals surface area contributed by atoms with Crippen molar-refractivity contribution in [3.8, 4) is 5.75 Å². The van der Waals surface area contributed by atoms with Crippen LogP contribution in [0, 0.1) is 5.92 Å². The predicted octanol–water partition coefficient (Wildman–Crippen LogP) is 6.28. The maximum Gasteiger partial charge on any atom is 0.255 e. The van der Waals surface area contributed by atoms with Gasteiger partial charge in [-0.3, -0.25) is 9.59 Å². The van der Waals surface area contributed by atoms with Crippen molar-refractivity contribution < 1.29 is 14.3 Å². The molecule has 0 heterocycles. The van der Waals surface area contributed by atoms with Crippen LogP contribution >= 0.6 is 0 Å². The fourth-order valence-electron chi connectivity index (χ4n) is 3.60. The quantitative estimate of drug-likeness (QED) is 0.408. The molecule has 0 fully saturated rings. The van der Waals surface area contributed by atoms with E-state index in [9.17, 15) is 9.59 Å². The van der Waals surface area contributed by atoms with Gasteiger partial charge in [0.1, 0.15) is 5.75 Å². The van der Waals surface area contributed by atoms with Crippen LogP contribution < -0.4 is 15.4 Å². The maximum absolute atomic E-state index is 12.8. The zero-order chi connectivity index (χ0) is 23.8. The lowest BCUT2D eigenvalue weighted by Gasteiger charge is -2.15. The van der Waals surface area contributed by atoms with Crippen LogP contribution in [0.25, 0.3) is 0 Å². The molecule has 2 N–H and O–H groups in total. The van der Waals surface area contributed by atoms with E-state index >= 15 is 0 Å². The van der Waals surface area contributed by atoms with Crippen molar-refractivity contribution >= 4 is 23.2 Å². The summed E-state index contributed by atoms with van der Waals surface area (Å²) in [6, 6.07) is 22.4. The van der Waals surface area contributed by atoms with E-state index in [0.29, 0.717) is 35.2 Å². The van der Waals surface area contributed by atoms with Gasteiger partial charge >= 0.3 is 0 Å². The van der Waals surface area contributed by atoms with E-state index in [1.165, 1.54) is 5.56 Å². The van der Waals surface area contributed by atoms with Crippen LogP contribution in [0.5, 0.6) is 5.75 Å². The second kappa shape index (κ2) is 11.3. The minimum atomic E-state index is -0.311. The van der Waals surface area contributed by atoms with Gasteiger partial charge in [-0.05, 0) is 67.6 Å². The zero-order valence-corrected chi connectivity index (χ0v) is 19.7. The van der Waals surface area contributed by atoms with E-state index in [-0.39, 0.29) is 17.7 Å². The molecule has 0 saturated carbocycles. The molecular weight excluding hydrogens is 412 g/mol. The summed E-state index contributed by atoms with van der Waals surface area (Å²) in [7, 11) is 0. The molecule has 0 spiro atoms. The number of benzene rings is 3. The standard InChI is InChI=1S/C28H32N2O3/c1-5-33-26-12-7-6-11-25(26)30-28(32)23-9-8-10-24(18-23)29-27(31)20(4)22-15-13-21(14-16-22)17-19(2)3/h6-16,18-20H,5,17H2,1-4H3,(H,29,31)(H,30,32)/t20-/m0/s1. The first kappa shape index (κ1) is 24.1. The highest BCUT2D eigenvalue weighted by Crippen LogP contribution is 2.25. The average Bonchev–Trinajstić information content (AvgIpc) is 2.80. The number of hydrogen-bond acceptors (Lipinski definition) is 3. The van der Waals surface area contributed by atoms with Crippen LogP contribution in [0.3, 0.4) is 0 Å². The second-order valence-electron chi connectivity index (χ2n) is 8.51. The molecule has 0 aliphatic carbocycles. The Bertz CT molecular complexity index is 1090. The highest BCUT2D eigenvalue weighted by atomic mass is 16.5. The lowest BCUT2D eigenvalue weighted by atomic mass is 9.96. The van der Waals surface area contributed by atoms with Crippen molar-refractivity contribution in [2.45, 2.75) is 40.0 Å². The Morgan fingerprint density at radius 3 is 2.30 bits per heavy atom. The first-order valence-corrected chi connectivity index (χ1v) is 11.4. The summed E-state index contributed by atoms with van der Waals surface area (Å²) in [6.07, 6.45) is 1.02. The molecule has 3 aromatic rings. The van der Waals surface area contributed by atoms with Crippen molar-refractivity contribution in [3.05, 3.63) is 89.5 Å².